The van der Waals surface area contributed by atoms with Crippen LogP contribution in [0.2, 0.25) is 0 Å². The number of nitrogens with one attached hydrogen (secondary N) is 1. The topological polar surface area (TPSA) is 74.3 Å². The van der Waals surface area contributed by atoms with Crippen LogP contribution in [0.1, 0.15) is 34.3 Å². The molecule has 0 aliphatic carbocycles. The van der Waals surface area contributed by atoms with Crippen LogP contribution < -0.4 is 14.8 Å². The van der Waals surface area contributed by atoms with Crippen LogP contribution in [0, 0.1) is 0 Å². The molecule has 3 aliphatic rings. The molecule has 2 unspecified atom stereocenters. The maximum absolute atomic E-state index is 13.2. The Balaban J connectivity index is 1.19. The Morgan fingerprint density at radius 3 is 2.88 bits per heavy atom. The van der Waals surface area contributed by atoms with Crippen LogP contribution in [0.5, 0.6) is 11.5 Å². The minimum absolute atomic E-state index is 0.101. The summed E-state index contributed by atoms with van der Waals surface area (Å²) in [7, 11) is 0. The second-order valence-electron chi connectivity index (χ2n) is 9.25. The van der Waals surface area contributed by atoms with Gasteiger partial charge in [0.2, 0.25) is 0 Å². The Morgan fingerprint density at radius 2 is 2.03 bits per heavy atom. The summed E-state index contributed by atoms with van der Waals surface area (Å²) in [5.41, 5.74) is 3.25. The van der Waals surface area contributed by atoms with Gasteiger partial charge < -0.3 is 24.8 Å². The second-order valence-corrected chi connectivity index (χ2v) is 9.25. The Hall–Kier alpha value is -2.61. The molecule has 33 heavy (non-hydrogen) atoms. The number of amides is 1. The number of aliphatic hydroxyl groups excluding tert-OH is 1. The zero-order chi connectivity index (χ0) is 22.6. The molecule has 1 saturated heterocycles. The predicted molar refractivity (Wildman–Crippen MR) is 126 cm³/mol. The van der Waals surface area contributed by atoms with Crippen molar-refractivity contribution in [3.8, 4) is 11.5 Å². The van der Waals surface area contributed by atoms with Crippen LogP contribution in [-0.4, -0.2) is 78.9 Å². The molecule has 1 fully saturated rings. The molecule has 2 aromatic carbocycles. The van der Waals surface area contributed by atoms with E-state index in [1.165, 1.54) is 11.1 Å². The van der Waals surface area contributed by atoms with E-state index in [0.29, 0.717) is 37.6 Å². The molecule has 2 atom stereocenters. The van der Waals surface area contributed by atoms with E-state index in [1.54, 1.807) is 11.0 Å². The lowest BCUT2D eigenvalue weighted by atomic mass is 10.00. The van der Waals surface area contributed by atoms with E-state index in [-0.39, 0.29) is 12.0 Å². The van der Waals surface area contributed by atoms with E-state index in [1.807, 2.05) is 12.1 Å². The fraction of sp³-hybridized carbons (Fsp3) is 0.500. The molecule has 0 spiro atoms. The first-order valence-corrected chi connectivity index (χ1v) is 12.1. The van der Waals surface area contributed by atoms with E-state index in [4.69, 9.17) is 9.47 Å². The lowest BCUT2D eigenvalue weighted by Crippen LogP contribution is -2.44. The molecule has 7 nitrogen and oxygen atoms in total. The number of β-amino-alcohol motifs (C(OH)–C–C–N with tert-alkyl or cyclic N) is 1. The summed E-state index contributed by atoms with van der Waals surface area (Å²) in [5, 5.41) is 14.1. The number of benzene rings is 2. The van der Waals surface area contributed by atoms with E-state index >= 15 is 0 Å². The molecule has 3 aliphatic heterocycles. The standard InChI is InChI=1S/C26H33N3O4/c30-21(17-28-11-9-19-4-1-2-5-20(19)16-28)18-29-12-13-32-25-14-22(7-8-24(25)26(29)31)33-23-6-3-10-27-15-23/h1-2,4-5,7-8,14,21,23,27,30H,3,6,9-13,15-18H2. The monoisotopic (exact) mass is 451 g/mol. The average molecular weight is 452 g/mol. The van der Waals surface area contributed by atoms with E-state index in [2.05, 4.69) is 34.5 Å². The first kappa shape index (κ1) is 22.2. The maximum Gasteiger partial charge on any atom is 0.257 e. The van der Waals surface area contributed by atoms with Gasteiger partial charge in [-0.25, -0.2) is 0 Å². The normalized spacial score (nSPS) is 22.0. The summed E-state index contributed by atoms with van der Waals surface area (Å²) >= 11 is 0. The Kier molecular flexibility index (Phi) is 6.80. The van der Waals surface area contributed by atoms with Crippen molar-refractivity contribution in [2.75, 3.05) is 45.9 Å². The number of piperidine rings is 1. The molecular formula is C26H33N3O4. The van der Waals surface area contributed by atoms with Crippen LogP contribution in [0.15, 0.2) is 42.5 Å². The third kappa shape index (κ3) is 5.32. The van der Waals surface area contributed by atoms with Gasteiger partial charge in [0.15, 0.2) is 0 Å². The number of hydrogen-bond acceptors (Lipinski definition) is 6. The Morgan fingerprint density at radius 1 is 1.15 bits per heavy atom. The number of hydrogen-bond donors (Lipinski definition) is 2. The van der Waals surface area contributed by atoms with Gasteiger partial charge in [-0.1, -0.05) is 24.3 Å². The maximum atomic E-state index is 13.2. The lowest BCUT2D eigenvalue weighted by molar-refractivity contribution is 0.0501. The van der Waals surface area contributed by atoms with Gasteiger partial charge in [-0.3, -0.25) is 9.69 Å². The SMILES string of the molecule is O=C1c2ccc(OC3CCCNC3)cc2OCCN1CC(O)CN1CCc2ccccc2C1. The third-order valence-electron chi connectivity index (χ3n) is 6.75. The molecule has 176 valence electrons. The lowest BCUT2D eigenvalue weighted by Gasteiger charge is -2.32. The van der Waals surface area contributed by atoms with Crippen LogP contribution in [0.25, 0.3) is 0 Å². The summed E-state index contributed by atoms with van der Waals surface area (Å²) in [5.74, 6) is 1.19. The molecule has 0 aromatic heterocycles. The predicted octanol–water partition coefficient (Wildman–Crippen LogP) is 2.07. The van der Waals surface area contributed by atoms with Crippen molar-refractivity contribution in [3.05, 3.63) is 59.2 Å². The first-order chi connectivity index (χ1) is 16.2. The molecule has 0 bridgehead atoms. The number of fused-ring (bicyclic) bond motifs is 2. The van der Waals surface area contributed by atoms with Gasteiger partial charge in [-0.05, 0) is 49.1 Å². The fourth-order valence-electron chi connectivity index (χ4n) is 5.02. The number of rotatable bonds is 6. The molecule has 2 aromatic rings. The fourth-order valence-corrected chi connectivity index (χ4v) is 5.02. The molecule has 5 rings (SSSR count). The Bertz CT molecular complexity index is 976. The highest BCUT2D eigenvalue weighted by atomic mass is 16.5. The number of ether oxygens (including phenoxy) is 2. The van der Waals surface area contributed by atoms with E-state index in [0.717, 1.165) is 51.2 Å². The van der Waals surface area contributed by atoms with Crippen LogP contribution >= 0.6 is 0 Å². The summed E-state index contributed by atoms with van der Waals surface area (Å²) < 4.78 is 12.0. The van der Waals surface area contributed by atoms with E-state index in [9.17, 15) is 9.90 Å². The van der Waals surface area contributed by atoms with Crippen molar-refractivity contribution >= 4 is 5.91 Å². The smallest absolute Gasteiger partial charge is 0.257 e. The molecule has 0 radical (unpaired) electrons. The molecule has 0 saturated carbocycles. The van der Waals surface area contributed by atoms with Gasteiger partial charge in [0.1, 0.15) is 24.2 Å². The van der Waals surface area contributed by atoms with Gasteiger partial charge in [0, 0.05) is 38.8 Å². The van der Waals surface area contributed by atoms with Crippen LogP contribution in [-0.2, 0) is 13.0 Å². The van der Waals surface area contributed by atoms with Crippen LogP contribution in [0.4, 0.5) is 0 Å². The zero-order valence-corrected chi connectivity index (χ0v) is 19.0. The highest BCUT2D eigenvalue weighted by Crippen LogP contribution is 2.29. The van der Waals surface area contributed by atoms with Gasteiger partial charge in [-0.2, -0.15) is 0 Å². The summed E-state index contributed by atoms with van der Waals surface area (Å²) in [6.07, 6.45) is 2.66. The molecule has 3 heterocycles. The molecule has 1 amide bonds. The zero-order valence-electron chi connectivity index (χ0n) is 19.0. The van der Waals surface area contributed by atoms with Gasteiger partial charge >= 0.3 is 0 Å². The van der Waals surface area contributed by atoms with Gasteiger partial charge in [0.25, 0.3) is 5.91 Å². The number of aliphatic hydroxyl groups is 1. The van der Waals surface area contributed by atoms with Crippen molar-refractivity contribution in [3.63, 3.8) is 0 Å². The minimum Gasteiger partial charge on any atom is -0.491 e. The second kappa shape index (κ2) is 10.1. The summed E-state index contributed by atoms with van der Waals surface area (Å²) in [6, 6.07) is 13.9. The first-order valence-electron chi connectivity index (χ1n) is 12.1. The minimum atomic E-state index is -0.609. The molecular weight excluding hydrogens is 418 g/mol. The number of nitrogens with zero attached hydrogens (tertiary/aromatic N) is 2. The van der Waals surface area contributed by atoms with Crippen molar-refractivity contribution in [2.24, 2.45) is 0 Å². The van der Waals surface area contributed by atoms with Crippen molar-refractivity contribution in [1.29, 1.82) is 0 Å². The van der Waals surface area contributed by atoms with Gasteiger partial charge in [-0.15, -0.1) is 0 Å². The van der Waals surface area contributed by atoms with Crippen LogP contribution in [0.3, 0.4) is 0 Å². The van der Waals surface area contributed by atoms with Crippen molar-refractivity contribution in [2.45, 2.75) is 38.0 Å². The highest BCUT2D eigenvalue weighted by Gasteiger charge is 2.27. The van der Waals surface area contributed by atoms with Crippen molar-refractivity contribution < 1.29 is 19.4 Å². The third-order valence-corrected chi connectivity index (χ3v) is 6.75. The summed E-state index contributed by atoms with van der Waals surface area (Å²) in [4.78, 5) is 17.2. The average Bonchev–Trinajstić information content (AvgIpc) is 2.98. The largest absolute Gasteiger partial charge is 0.491 e. The van der Waals surface area contributed by atoms with Gasteiger partial charge in [0.05, 0.1) is 18.2 Å². The van der Waals surface area contributed by atoms with E-state index < -0.39 is 6.10 Å². The highest BCUT2D eigenvalue weighted by molar-refractivity contribution is 5.97. The van der Waals surface area contributed by atoms with Crippen molar-refractivity contribution in [1.82, 2.24) is 15.1 Å². The Labute approximate surface area is 195 Å². The molecule has 2 N–H and O–H groups in total. The number of carbonyl (C=O) groups is 1. The quantitative estimate of drug-likeness (QED) is 0.701. The summed E-state index contributed by atoms with van der Waals surface area (Å²) in [6.45, 7) is 5.34. The molecule has 7 heteroatoms. The number of carbonyl (C=O) groups excluding carboxylic acids is 1.